The second-order valence-corrected chi connectivity index (χ2v) is 4.51. The first kappa shape index (κ1) is 13.5. The van der Waals surface area contributed by atoms with E-state index in [1.54, 1.807) is 0 Å². The van der Waals surface area contributed by atoms with Crippen LogP contribution in [0.5, 0.6) is 0 Å². The van der Waals surface area contributed by atoms with Gasteiger partial charge < -0.3 is 4.90 Å². The Balaban J connectivity index is 2.16. The summed E-state index contributed by atoms with van der Waals surface area (Å²) >= 11 is 0. The maximum Gasteiger partial charge on any atom is 0.232 e. The SMILES string of the molecule is O=C(C1C(F)C(F)C(F)C(F)C1F)N1CCNC1. The number of amides is 1. The molecule has 1 aliphatic carbocycles. The summed E-state index contributed by atoms with van der Waals surface area (Å²) in [6.07, 6.45) is -13.8. The quantitative estimate of drug-likeness (QED) is 0.713. The Bertz CT molecular complexity index is 309. The molecule has 2 aliphatic rings. The standard InChI is InChI=1S/C10H13F5N2O/c11-5-4(10(18)17-2-1-16-3-17)6(12)8(14)9(15)7(5)13/h4-9,16H,1-3H2. The minimum atomic E-state index is -2.87. The van der Waals surface area contributed by atoms with Crippen molar-refractivity contribution in [2.24, 2.45) is 5.92 Å². The van der Waals surface area contributed by atoms with Crippen molar-refractivity contribution in [2.75, 3.05) is 19.8 Å². The number of nitrogens with one attached hydrogen (secondary N) is 1. The minimum Gasteiger partial charge on any atom is -0.328 e. The Hall–Kier alpha value is -0.920. The van der Waals surface area contributed by atoms with Crippen LogP contribution in [0.3, 0.4) is 0 Å². The first-order valence-electron chi connectivity index (χ1n) is 5.65. The van der Waals surface area contributed by atoms with Gasteiger partial charge in [-0.3, -0.25) is 10.1 Å². The number of rotatable bonds is 1. The highest BCUT2D eigenvalue weighted by Gasteiger charge is 2.57. The molecule has 0 radical (unpaired) electrons. The highest BCUT2D eigenvalue weighted by molar-refractivity contribution is 5.80. The molecular formula is C10H13F5N2O. The molecule has 4 unspecified atom stereocenters. The third-order valence-electron chi connectivity index (χ3n) is 3.36. The predicted octanol–water partition coefficient (Wildman–Crippen LogP) is 0.696. The van der Waals surface area contributed by atoms with Gasteiger partial charge in [0.25, 0.3) is 0 Å². The Morgan fingerprint density at radius 3 is 1.89 bits per heavy atom. The van der Waals surface area contributed by atoms with Crippen LogP contribution in [0.4, 0.5) is 22.0 Å². The average Bonchev–Trinajstić information content (AvgIpc) is 2.88. The molecule has 104 valence electrons. The number of alkyl halides is 5. The Kier molecular flexibility index (Phi) is 3.74. The first-order valence-corrected chi connectivity index (χ1v) is 5.65. The molecule has 1 N–H and O–H groups in total. The molecule has 0 aromatic carbocycles. The van der Waals surface area contributed by atoms with Gasteiger partial charge in [0.1, 0.15) is 18.3 Å². The first-order chi connectivity index (χ1) is 8.45. The number of hydrogen-bond donors (Lipinski definition) is 1. The van der Waals surface area contributed by atoms with Crippen molar-refractivity contribution < 1.29 is 26.7 Å². The van der Waals surface area contributed by atoms with Gasteiger partial charge >= 0.3 is 0 Å². The van der Waals surface area contributed by atoms with Crippen LogP contribution in [0.1, 0.15) is 0 Å². The molecule has 0 spiro atoms. The number of carbonyl (C=O) groups excluding carboxylic acids is 1. The summed E-state index contributed by atoms with van der Waals surface area (Å²) in [6, 6.07) is 0. The van der Waals surface area contributed by atoms with Gasteiger partial charge in [-0.15, -0.1) is 0 Å². The third-order valence-corrected chi connectivity index (χ3v) is 3.36. The van der Waals surface area contributed by atoms with Gasteiger partial charge in [0.2, 0.25) is 5.91 Å². The van der Waals surface area contributed by atoms with E-state index in [9.17, 15) is 26.7 Å². The van der Waals surface area contributed by atoms with Gasteiger partial charge in [0, 0.05) is 13.1 Å². The molecule has 1 heterocycles. The van der Waals surface area contributed by atoms with Crippen molar-refractivity contribution in [1.82, 2.24) is 10.2 Å². The van der Waals surface area contributed by atoms with E-state index in [0.29, 0.717) is 6.54 Å². The average molecular weight is 272 g/mol. The molecule has 8 heteroatoms. The number of halogens is 5. The van der Waals surface area contributed by atoms with Crippen LogP contribution >= 0.6 is 0 Å². The molecule has 3 nitrogen and oxygen atoms in total. The largest absolute Gasteiger partial charge is 0.328 e. The maximum atomic E-state index is 13.5. The van der Waals surface area contributed by atoms with Crippen LogP contribution < -0.4 is 5.32 Å². The molecule has 0 aromatic heterocycles. The van der Waals surface area contributed by atoms with E-state index in [0.717, 1.165) is 4.90 Å². The highest BCUT2D eigenvalue weighted by atomic mass is 19.2. The fourth-order valence-electron chi connectivity index (χ4n) is 2.28. The third kappa shape index (κ3) is 2.06. The van der Waals surface area contributed by atoms with Crippen LogP contribution in [0.2, 0.25) is 0 Å². The Morgan fingerprint density at radius 1 is 0.944 bits per heavy atom. The smallest absolute Gasteiger partial charge is 0.232 e. The minimum absolute atomic E-state index is 0.0712. The molecular weight excluding hydrogens is 259 g/mol. The van der Waals surface area contributed by atoms with Gasteiger partial charge in [-0.25, -0.2) is 22.0 Å². The van der Waals surface area contributed by atoms with Gasteiger partial charge in [-0.05, 0) is 0 Å². The van der Waals surface area contributed by atoms with Crippen LogP contribution in [0.15, 0.2) is 0 Å². The zero-order chi connectivity index (χ0) is 13.4. The van der Waals surface area contributed by atoms with E-state index in [2.05, 4.69) is 5.32 Å². The zero-order valence-electron chi connectivity index (χ0n) is 9.33. The molecule has 1 amide bonds. The molecule has 2 fully saturated rings. The monoisotopic (exact) mass is 272 g/mol. The van der Waals surface area contributed by atoms with Gasteiger partial charge in [-0.2, -0.15) is 0 Å². The number of nitrogens with zero attached hydrogens (tertiary/aromatic N) is 1. The van der Waals surface area contributed by atoms with Crippen molar-refractivity contribution in [3.8, 4) is 0 Å². The van der Waals surface area contributed by atoms with Crippen LogP contribution in [0.25, 0.3) is 0 Å². The lowest BCUT2D eigenvalue weighted by Gasteiger charge is -2.36. The fraction of sp³-hybridized carbons (Fsp3) is 0.900. The van der Waals surface area contributed by atoms with E-state index >= 15 is 0 Å². The van der Waals surface area contributed by atoms with Gasteiger partial charge in [-0.1, -0.05) is 0 Å². The molecule has 4 atom stereocenters. The summed E-state index contributed by atoms with van der Waals surface area (Å²) < 4.78 is 66.3. The normalized spacial score (nSPS) is 45.3. The maximum absolute atomic E-state index is 13.5. The summed E-state index contributed by atoms with van der Waals surface area (Å²) in [5, 5.41) is 2.75. The van der Waals surface area contributed by atoms with Crippen molar-refractivity contribution >= 4 is 5.91 Å². The summed E-state index contributed by atoms with van der Waals surface area (Å²) in [5.41, 5.74) is 0. The lowest BCUT2D eigenvalue weighted by atomic mass is 9.81. The molecule has 1 saturated carbocycles. The van der Waals surface area contributed by atoms with Crippen molar-refractivity contribution in [2.45, 2.75) is 30.9 Å². The zero-order valence-corrected chi connectivity index (χ0v) is 9.33. The Morgan fingerprint density at radius 2 is 1.44 bits per heavy atom. The molecule has 18 heavy (non-hydrogen) atoms. The molecule has 0 aromatic rings. The second-order valence-electron chi connectivity index (χ2n) is 4.51. The molecule has 1 saturated heterocycles. The van der Waals surface area contributed by atoms with E-state index in [1.807, 2.05) is 0 Å². The summed E-state index contributed by atoms with van der Waals surface area (Å²) in [5.74, 6) is -3.13. The summed E-state index contributed by atoms with van der Waals surface area (Å²) in [4.78, 5) is 12.8. The predicted molar refractivity (Wildman–Crippen MR) is 52.6 cm³/mol. The van der Waals surface area contributed by atoms with Crippen molar-refractivity contribution in [3.63, 3.8) is 0 Å². The van der Waals surface area contributed by atoms with E-state index in [-0.39, 0.29) is 13.2 Å². The van der Waals surface area contributed by atoms with E-state index in [4.69, 9.17) is 0 Å². The molecule has 1 aliphatic heterocycles. The van der Waals surface area contributed by atoms with Gasteiger partial charge in [0.05, 0.1) is 6.67 Å². The molecule has 2 rings (SSSR count). The van der Waals surface area contributed by atoms with E-state index < -0.39 is 42.7 Å². The lowest BCUT2D eigenvalue weighted by Crippen LogP contribution is -2.58. The van der Waals surface area contributed by atoms with Crippen molar-refractivity contribution in [3.05, 3.63) is 0 Å². The Labute approximate surface area is 100 Å². The van der Waals surface area contributed by atoms with Crippen molar-refractivity contribution in [1.29, 1.82) is 0 Å². The highest BCUT2D eigenvalue weighted by Crippen LogP contribution is 2.37. The summed E-state index contributed by atoms with van der Waals surface area (Å²) in [6.45, 7) is 0.722. The second kappa shape index (κ2) is 4.99. The molecule has 0 bridgehead atoms. The van der Waals surface area contributed by atoms with Gasteiger partial charge in [0.15, 0.2) is 18.5 Å². The summed E-state index contributed by atoms with van der Waals surface area (Å²) in [7, 11) is 0. The van der Waals surface area contributed by atoms with Crippen LogP contribution in [-0.2, 0) is 4.79 Å². The van der Waals surface area contributed by atoms with Crippen LogP contribution in [-0.4, -0.2) is 61.4 Å². The topological polar surface area (TPSA) is 32.3 Å². The lowest BCUT2D eigenvalue weighted by molar-refractivity contribution is -0.152. The number of hydrogen-bond acceptors (Lipinski definition) is 2. The van der Waals surface area contributed by atoms with E-state index in [1.165, 1.54) is 0 Å². The van der Waals surface area contributed by atoms with Crippen LogP contribution in [0, 0.1) is 5.92 Å². The number of carbonyl (C=O) groups is 1. The fourth-order valence-corrected chi connectivity index (χ4v) is 2.28.